The number of fused-ring (bicyclic) bond motifs is 2. The van der Waals surface area contributed by atoms with Crippen LogP contribution in [0.15, 0.2) is 97.3 Å². The fraction of sp³-hybridized carbons (Fsp3) is 0.333. The highest BCUT2D eigenvalue weighted by Crippen LogP contribution is 2.42. The summed E-state index contributed by atoms with van der Waals surface area (Å²) in [7, 11) is -3.66. The van der Waals surface area contributed by atoms with Crippen molar-refractivity contribution in [3.8, 4) is 0 Å². The van der Waals surface area contributed by atoms with E-state index in [-0.39, 0.29) is 27.7 Å². The van der Waals surface area contributed by atoms with Crippen LogP contribution in [0.1, 0.15) is 48.9 Å². The third-order valence-electron chi connectivity index (χ3n) is 10.0. The monoisotopic (exact) mass is 876 g/mol. The van der Waals surface area contributed by atoms with Crippen molar-refractivity contribution in [3.05, 3.63) is 120 Å². The maximum absolute atomic E-state index is 13.7. The van der Waals surface area contributed by atoms with Crippen LogP contribution >= 0.6 is 0 Å². The van der Waals surface area contributed by atoms with Crippen LogP contribution in [0.2, 0.25) is 0 Å². The Morgan fingerprint density at radius 2 is 1.00 bits per heavy atom. The number of rotatable bonds is 12. The lowest BCUT2D eigenvalue weighted by Gasteiger charge is -2.38. The van der Waals surface area contributed by atoms with Gasteiger partial charge in [0.1, 0.15) is 11.1 Å². The lowest BCUT2D eigenvalue weighted by molar-refractivity contribution is -0.138. The van der Waals surface area contributed by atoms with Crippen molar-refractivity contribution in [2.75, 3.05) is 16.7 Å². The van der Waals surface area contributed by atoms with Gasteiger partial charge in [-0.25, -0.2) is 26.0 Å². The topological polar surface area (TPSA) is 148 Å². The van der Waals surface area contributed by atoms with Crippen molar-refractivity contribution >= 4 is 43.2 Å². The minimum absolute atomic E-state index is 0.00715. The lowest BCUT2D eigenvalue weighted by atomic mass is 9.81. The molecule has 0 aliphatic heterocycles. The number of anilines is 2. The zero-order valence-corrected chi connectivity index (χ0v) is 32.5. The molecule has 0 aliphatic rings. The highest BCUT2D eigenvalue weighted by atomic mass is 32.2. The van der Waals surface area contributed by atoms with Crippen molar-refractivity contribution in [3.63, 3.8) is 0 Å². The number of aromatic nitrogens is 4. The second kappa shape index (κ2) is 16.9. The van der Waals surface area contributed by atoms with E-state index in [1.165, 1.54) is 49.1 Å². The predicted molar refractivity (Wildman–Crippen MR) is 204 cm³/mol. The fourth-order valence-electron chi connectivity index (χ4n) is 7.25. The number of aliphatic hydroxyl groups is 2. The number of nitrogens with zero attached hydrogens (tertiary/aromatic N) is 4. The van der Waals surface area contributed by atoms with E-state index in [1.807, 2.05) is 0 Å². The summed E-state index contributed by atoms with van der Waals surface area (Å²) in [6.07, 6.45) is -16.1. The number of aliphatic hydroxyl groups excluding tert-OH is 2. The maximum Gasteiger partial charge on any atom is 0.416 e. The van der Waals surface area contributed by atoms with E-state index in [0.29, 0.717) is 16.6 Å². The normalized spacial score (nSPS) is 15.7. The van der Waals surface area contributed by atoms with Crippen molar-refractivity contribution in [2.45, 2.75) is 75.2 Å². The molecule has 4 aromatic carbocycles. The Bertz CT molecular complexity index is 2520. The third-order valence-corrected chi connectivity index (χ3v) is 10.6. The van der Waals surface area contributed by atoms with Crippen LogP contribution in [0.5, 0.6) is 0 Å². The first-order valence-corrected chi connectivity index (χ1v) is 19.7. The van der Waals surface area contributed by atoms with E-state index >= 15 is 0 Å². The van der Waals surface area contributed by atoms with Crippen LogP contribution in [0.3, 0.4) is 0 Å². The van der Waals surface area contributed by atoms with Crippen LogP contribution in [0, 0.1) is 0 Å². The van der Waals surface area contributed by atoms with Crippen LogP contribution in [0.4, 0.5) is 55.3 Å². The number of hydrogen-bond donors (Lipinski definition) is 4. The number of hydrogen-bond acceptors (Lipinski definition) is 7. The molecule has 60 heavy (non-hydrogen) atoms. The summed E-state index contributed by atoms with van der Waals surface area (Å²) in [5, 5.41) is 30.3. The zero-order valence-electron chi connectivity index (χ0n) is 31.7. The molecular weight excluding hydrogens is 839 g/mol. The smallest absolute Gasteiger partial charge is 0.398 e. The molecule has 0 saturated heterocycles. The molecule has 0 radical (unpaired) electrons. The van der Waals surface area contributed by atoms with Gasteiger partial charge in [0.05, 0.1) is 58.7 Å². The highest BCUT2D eigenvalue weighted by Gasteiger charge is 2.46. The minimum Gasteiger partial charge on any atom is -0.398 e. The van der Waals surface area contributed by atoms with E-state index in [0.717, 1.165) is 59.5 Å². The Hall–Kier alpha value is -5.41. The molecule has 6 rings (SSSR count). The molecule has 0 bridgehead atoms. The highest BCUT2D eigenvalue weighted by molar-refractivity contribution is 7.92. The van der Waals surface area contributed by atoms with E-state index in [9.17, 15) is 62.5 Å². The van der Waals surface area contributed by atoms with Crippen LogP contribution in [-0.2, 0) is 33.5 Å². The van der Waals surface area contributed by atoms with E-state index in [4.69, 9.17) is 5.73 Å². The van der Waals surface area contributed by atoms with Crippen molar-refractivity contribution < 1.29 is 62.5 Å². The molecule has 0 amide bonds. The molecule has 0 fully saturated rings. The van der Waals surface area contributed by atoms with Gasteiger partial charge in [-0.1, -0.05) is 36.4 Å². The molecule has 324 valence electrons. The van der Waals surface area contributed by atoms with Gasteiger partial charge >= 0.3 is 12.4 Å². The van der Waals surface area contributed by atoms with Gasteiger partial charge in [-0.15, -0.1) is 0 Å². The second-order valence-electron chi connectivity index (χ2n) is 14.0. The largest absolute Gasteiger partial charge is 0.416 e. The van der Waals surface area contributed by atoms with Gasteiger partial charge in [-0.2, -0.15) is 36.5 Å². The Morgan fingerprint density at radius 1 is 0.633 bits per heavy atom. The molecule has 0 saturated carbocycles. The van der Waals surface area contributed by atoms with Gasteiger partial charge in [0, 0.05) is 29.3 Å². The molecule has 10 nitrogen and oxygen atoms in total. The van der Waals surface area contributed by atoms with Gasteiger partial charge in [-0.3, -0.25) is 14.1 Å². The predicted octanol–water partition coefficient (Wildman–Crippen LogP) is 8.62. The van der Waals surface area contributed by atoms with E-state index < -0.39 is 82.5 Å². The summed E-state index contributed by atoms with van der Waals surface area (Å²) in [5.41, 5.74) is 1.50. The molecule has 2 heterocycles. The molecule has 4 atom stereocenters. The molecule has 5 N–H and O–H groups in total. The van der Waals surface area contributed by atoms with Gasteiger partial charge in [-0.05, 0) is 73.5 Å². The van der Waals surface area contributed by atoms with Crippen LogP contribution < -0.4 is 10.5 Å². The Kier molecular flexibility index (Phi) is 12.9. The summed E-state index contributed by atoms with van der Waals surface area (Å²) >= 11 is 0. The first kappa shape index (κ1) is 45.7. The standard InChI is InChI=1S/C20H20F5N3O3S.C19H18F5N3O/c1-12(29)19(10-18(21)22,13-6-8-14(9-7-13)20(23,24)25)28-17-5-3-4-16(15(17)11-26-28)27-32(2,30)31;1-11(28)18(9-17(20)21,12-5-7-13(8-6-12)19(22,23)24)27-16-4-2-3-15(25)14(16)10-26-27/h3-9,11-12,18,27,29H,10H2,1-2H3;2-8,10-11,17,28H,9,25H2,1H3. The van der Waals surface area contributed by atoms with Gasteiger partial charge < -0.3 is 15.9 Å². The number of alkyl halides is 10. The second-order valence-corrected chi connectivity index (χ2v) is 15.8. The number of halogens is 10. The molecule has 0 spiro atoms. The molecule has 0 aliphatic carbocycles. The summed E-state index contributed by atoms with van der Waals surface area (Å²) < 4.78 is 160. The number of nitrogens with one attached hydrogen (secondary N) is 1. The first-order valence-electron chi connectivity index (χ1n) is 17.8. The summed E-state index contributed by atoms with van der Waals surface area (Å²) in [6.45, 7) is 2.55. The van der Waals surface area contributed by atoms with Crippen molar-refractivity contribution in [1.82, 2.24) is 19.6 Å². The van der Waals surface area contributed by atoms with E-state index in [1.54, 1.807) is 18.2 Å². The number of benzene rings is 4. The third kappa shape index (κ3) is 9.16. The van der Waals surface area contributed by atoms with Crippen molar-refractivity contribution in [1.29, 1.82) is 0 Å². The fourth-order valence-corrected chi connectivity index (χ4v) is 7.82. The number of sulfonamides is 1. The number of nitrogen functional groups attached to an aromatic ring is 1. The summed E-state index contributed by atoms with van der Waals surface area (Å²) in [4.78, 5) is 0. The molecular formula is C39H38F10N6O4S. The quantitative estimate of drug-likeness (QED) is 0.0711. The molecule has 6 aromatic rings. The molecule has 2 aromatic heterocycles. The van der Waals surface area contributed by atoms with Gasteiger partial charge in [0.25, 0.3) is 0 Å². The minimum atomic E-state index is -4.63. The molecule has 21 heteroatoms. The van der Waals surface area contributed by atoms with E-state index in [2.05, 4.69) is 14.9 Å². The van der Waals surface area contributed by atoms with Gasteiger partial charge in [0.15, 0.2) is 0 Å². The zero-order chi connectivity index (χ0) is 44.6. The molecule has 4 unspecified atom stereocenters. The maximum atomic E-state index is 13.7. The average molecular weight is 877 g/mol. The average Bonchev–Trinajstić information content (AvgIpc) is 3.78. The van der Waals surface area contributed by atoms with Crippen molar-refractivity contribution in [2.24, 2.45) is 0 Å². The SMILES string of the molecule is CC(O)C(CC(F)F)(c1ccc(C(F)(F)F)cc1)n1ncc2c(N)cccc21.CC(O)C(CC(F)F)(c1ccc(C(F)(F)F)cc1)n1ncc2c(NS(C)(=O)=O)cccc21. The summed E-state index contributed by atoms with van der Waals surface area (Å²) in [6, 6.07) is 16.6. The Labute approximate surface area is 336 Å². The van der Waals surface area contributed by atoms with Crippen LogP contribution in [0.25, 0.3) is 21.8 Å². The van der Waals surface area contributed by atoms with Gasteiger partial charge in [0.2, 0.25) is 22.9 Å². The Balaban J connectivity index is 0.000000230. The summed E-state index contributed by atoms with van der Waals surface area (Å²) in [5.74, 6) is 0. The lowest BCUT2D eigenvalue weighted by Crippen LogP contribution is -2.47. The Morgan fingerprint density at radius 3 is 1.37 bits per heavy atom. The van der Waals surface area contributed by atoms with Crippen LogP contribution in [-0.4, -0.2) is 69.5 Å². The number of nitrogens with two attached hydrogens (primary N) is 1. The first-order chi connectivity index (χ1) is 27.8.